The number of ether oxygens (including phenoxy) is 1. The molecule has 108 valence electrons. The first kappa shape index (κ1) is 16.0. The predicted octanol–water partition coefficient (Wildman–Crippen LogP) is 1.18. The maximum atomic E-state index is 12.0. The van der Waals surface area contributed by atoms with Crippen LogP contribution in [0.4, 0.5) is 0 Å². The van der Waals surface area contributed by atoms with E-state index in [0.717, 1.165) is 11.5 Å². The summed E-state index contributed by atoms with van der Waals surface area (Å²) >= 11 is 1.07. The molecule has 1 aromatic heterocycles. The van der Waals surface area contributed by atoms with Gasteiger partial charge in [0.15, 0.2) is 0 Å². The summed E-state index contributed by atoms with van der Waals surface area (Å²) in [6.07, 6.45) is 0.460. The Morgan fingerprint density at radius 1 is 1.58 bits per heavy atom. The van der Waals surface area contributed by atoms with Gasteiger partial charge in [-0.1, -0.05) is 18.3 Å². The van der Waals surface area contributed by atoms with Crippen molar-refractivity contribution in [2.45, 2.75) is 38.7 Å². The molecular weight excluding hydrogens is 266 g/mol. The third-order valence-electron chi connectivity index (χ3n) is 2.74. The predicted molar refractivity (Wildman–Crippen MR) is 73.4 cm³/mol. The van der Waals surface area contributed by atoms with Gasteiger partial charge in [-0.05, 0) is 24.4 Å². The van der Waals surface area contributed by atoms with Crippen molar-refractivity contribution in [1.82, 2.24) is 14.9 Å². The number of rotatable bonds is 7. The molecule has 0 fully saturated rings. The van der Waals surface area contributed by atoms with Gasteiger partial charge in [0.1, 0.15) is 4.88 Å². The highest BCUT2D eigenvalue weighted by molar-refractivity contribution is 7.08. The number of amides is 1. The molecule has 6 nitrogen and oxygen atoms in total. The van der Waals surface area contributed by atoms with Gasteiger partial charge in [-0.3, -0.25) is 4.79 Å². The third-order valence-corrected chi connectivity index (χ3v) is 3.48. The monoisotopic (exact) mass is 287 g/mol. The average molecular weight is 287 g/mol. The van der Waals surface area contributed by atoms with Crippen LogP contribution in [0.15, 0.2) is 0 Å². The van der Waals surface area contributed by atoms with Crippen LogP contribution >= 0.6 is 11.5 Å². The van der Waals surface area contributed by atoms with Crippen LogP contribution in [0.2, 0.25) is 0 Å². The first-order chi connectivity index (χ1) is 8.87. The van der Waals surface area contributed by atoms with Crippen LogP contribution in [0.3, 0.4) is 0 Å². The standard InChI is InChI=1S/C12H21N3O3S/c1-8(2)9-10(19-15-14-9)11(16)13-7-12(3,17)5-6-18-4/h8,17H,5-7H2,1-4H3,(H,13,16). The Bertz CT molecular complexity index is 418. The van der Waals surface area contributed by atoms with E-state index in [0.29, 0.717) is 23.6 Å². The largest absolute Gasteiger partial charge is 0.388 e. The van der Waals surface area contributed by atoms with Crippen molar-refractivity contribution in [1.29, 1.82) is 0 Å². The Balaban J connectivity index is 2.58. The van der Waals surface area contributed by atoms with Gasteiger partial charge in [-0.25, -0.2) is 0 Å². The maximum Gasteiger partial charge on any atom is 0.265 e. The molecule has 1 unspecified atom stereocenters. The Morgan fingerprint density at radius 2 is 2.26 bits per heavy atom. The molecule has 0 aliphatic heterocycles. The quantitative estimate of drug-likeness (QED) is 0.786. The number of hydrogen-bond donors (Lipinski definition) is 2. The lowest BCUT2D eigenvalue weighted by Crippen LogP contribution is -2.41. The highest BCUT2D eigenvalue weighted by Gasteiger charge is 2.24. The lowest BCUT2D eigenvalue weighted by atomic mass is 10.0. The highest BCUT2D eigenvalue weighted by Crippen LogP contribution is 2.19. The van der Waals surface area contributed by atoms with Crippen LogP contribution in [-0.2, 0) is 4.74 Å². The number of aromatic nitrogens is 2. The first-order valence-corrected chi connectivity index (χ1v) is 6.96. The minimum absolute atomic E-state index is 0.147. The van der Waals surface area contributed by atoms with E-state index in [2.05, 4.69) is 14.9 Å². The smallest absolute Gasteiger partial charge is 0.265 e. The van der Waals surface area contributed by atoms with Crippen molar-refractivity contribution in [2.75, 3.05) is 20.3 Å². The fourth-order valence-electron chi connectivity index (χ4n) is 1.49. The van der Waals surface area contributed by atoms with E-state index in [1.807, 2.05) is 13.8 Å². The average Bonchev–Trinajstić information content (AvgIpc) is 2.83. The summed E-state index contributed by atoms with van der Waals surface area (Å²) in [5, 5.41) is 16.7. The van der Waals surface area contributed by atoms with E-state index < -0.39 is 5.60 Å². The van der Waals surface area contributed by atoms with Crippen LogP contribution in [-0.4, -0.2) is 46.5 Å². The molecule has 0 saturated carbocycles. The number of nitrogens with one attached hydrogen (secondary N) is 1. The molecular formula is C12H21N3O3S. The SMILES string of the molecule is COCCC(C)(O)CNC(=O)c1snnc1C(C)C. The maximum absolute atomic E-state index is 12.0. The minimum Gasteiger partial charge on any atom is -0.388 e. The van der Waals surface area contributed by atoms with Gasteiger partial charge in [-0.15, -0.1) is 5.10 Å². The van der Waals surface area contributed by atoms with Crippen molar-refractivity contribution in [3.05, 3.63) is 10.6 Å². The van der Waals surface area contributed by atoms with E-state index in [-0.39, 0.29) is 18.4 Å². The molecule has 1 heterocycles. The lowest BCUT2D eigenvalue weighted by molar-refractivity contribution is 0.0244. The van der Waals surface area contributed by atoms with Crippen LogP contribution in [0.5, 0.6) is 0 Å². The van der Waals surface area contributed by atoms with E-state index in [9.17, 15) is 9.90 Å². The second-order valence-electron chi connectivity index (χ2n) is 5.06. The molecule has 2 N–H and O–H groups in total. The summed E-state index contributed by atoms with van der Waals surface area (Å²) < 4.78 is 8.72. The zero-order chi connectivity index (χ0) is 14.5. The molecule has 7 heteroatoms. The Morgan fingerprint density at radius 3 is 2.84 bits per heavy atom. The number of carbonyl (C=O) groups is 1. The number of hydrogen-bond acceptors (Lipinski definition) is 6. The van der Waals surface area contributed by atoms with E-state index >= 15 is 0 Å². The fourth-order valence-corrected chi connectivity index (χ4v) is 2.23. The van der Waals surface area contributed by atoms with Crippen molar-refractivity contribution in [2.24, 2.45) is 0 Å². The molecule has 0 aromatic carbocycles. The van der Waals surface area contributed by atoms with Gasteiger partial charge in [0.2, 0.25) is 0 Å². The van der Waals surface area contributed by atoms with Gasteiger partial charge in [0.05, 0.1) is 11.3 Å². The van der Waals surface area contributed by atoms with Crippen LogP contribution < -0.4 is 5.32 Å². The van der Waals surface area contributed by atoms with Crippen LogP contribution in [0.1, 0.15) is 48.5 Å². The number of nitrogens with zero attached hydrogens (tertiary/aromatic N) is 2. The number of methoxy groups -OCH3 is 1. The molecule has 1 amide bonds. The second kappa shape index (κ2) is 6.93. The Hall–Kier alpha value is -1.05. The summed E-state index contributed by atoms with van der Waals surface area (Å²) in [4.78, 5) is 12.5. The van der Waals surface area contributed by atoms with Crippen molar-refractivity contribution < 1.29 is 14.6 Å². The minimum atomic E-state index is -0.984. The van der Waals surface area contributed by atoms with Gasteiger partial charge in [-0.2, -0.15) is 0 Å². The van der Waals surface area contributed by atoms with Crippen molar-refractivity contribution in [3.8, 4) is 0 Å². The molecule has 0 saturated heterocycles. The van der Waals surface area contributed by atoms with Gasteiger partial charge in [0, 0.05) is 26.7 Å². The highest BCUT2D eigenvalue weighted by atomic mass is 32.1. The molecule has 0 aliphatic carbocycles. The van der Waals surface area contributed by atoms with Crippen LogP contribution in [0, 0.1) is 0 Å². The second-order valence-corrected chi connectivity index (χ2v) is 5.82. The molecule has 0 spiro atoms. The number of carbonyl (C=O) groups excluding carboxylic acids is 1. The lowest BCUT2D eigenvalue weighted by Gasteiger charge is -2.23. The van der Waals surface area contributed by atoms with E-state index in [1.54, 1.807) is 14.0 Å². The first-order valence-electron chi connectivity index (χ1n) is 6.19. The Kier molecular flexibility index (Phi) is 5.84. The van der Waals surface area contributed by atoms with Gasteiger partial charge < -0.3 is 15.2 Å². The zero-order valence-electron chi connectivity index (χ0n) is 11.8. The van der Waals surface area contributed by atoms with Gasteiger partial charge in [0.25, 0.3) is 5.91 Å². The van der Waals surface area contributed by atoms with Crippen molar-refractivity contribution in [3.63, 3.8) is 0 Å². The Labute approximate surface area is 117 Å². The molecule has 19 heavy (non-hydrogen) atoms. The van der Waals surface area contributed by atoms with Crippen molar-refractivity contribution >= 4 is 17.4 Å². The fraction of sp³-hybridized carbons (Fsp3) is 0.750. The number of aliphatic hydroxyl groups is 1. The topological polar surface area (TPSA) is 84.3 Å². The zero-order valence-corrected chi connectivity index (χ0v) is 12.6. The molecule has 1 rings (SSSR count). The van der Waals surface area contributed by atoms with E-state index in [4.69, 9.17) is 4.74 Å². The summed E-state index contributed by atoms with van der Waals surface area (Å²) in [5.41, 5.74) is -0.291. The van der Waals surface area contributed by atoms with E-state index in [1.165, 1.54) is 0 Å². The third kappa shape index (κ3) is 4.85. The summed E-state index contributed by atoms with van der Waals surface area (Å²) in [5.74, 6) is -0.0927. The molecule has 0 radical (unpaired) electrons. The van der Waals surface area contributed by atoms with Crippen LogP contribution in [0.25, 0.3) is 0 Å². The molecule has 1 aromatic rings. The summed E-state index contributed by atoms with van der Waals surface area (Å²) in [6, 6.07) is 0. The normalized spacial score (nSPS) is 14.4. The molecule has 0 bridgehead atoms. The summed E-state index contributed by atoms with van der Waals surface area (Å²) in [7, 11) is 1.58. The van der Waals surface area contributed by atoms with Gasteiger partial charge >= 0.3 is 0 Å². The summed E-state index contributed by atoms with van der Waals surface area (Å²) in [6.45, 7) is 6.21. The molecule has 0 aliphatic rings. The molecule has 1 atom stereocenters.